The summed E-state index contributed by atoms with van der Waals surface area (Å²) in [5.74, 6) is 2.53. The van der Waals surface area contributed by atoms with E-state index in [0.717, 1.165) is 16.7 Å². The summed E-state index contributed by atoms with van der Waals surface area (Å²) >= 11 is 0. The molecule has 0 fully saturated rings. The number of likely N-dealkylation sites (N-methyl/N-ethyl adjacent to an activating group) is 1. The molecule has 150 valence electrons. The lowest BCUT2D eigenvalue weighted by molar-refractivity contribution is -0.125. The molecule has 6 heteroatoms. The summed E-state index contributed by atoms with van der Waals surface area (Å²) < 4.78 is 21.2. The number of methoxy groups -OCH3 is 4. The van der Waals surface area contributed by atoms with Crippen molar-refractivity contribution < 1.29 is 23.7 Å². The lowest BCUT2D eigenvalue weighted by Gasteiger charge is -2.19. The number of aryl methyl sites for hydroxylation is 1. The van der Waals surface area contributed by atoms with Crippen molar-refractivity contribution in [3.8, 4) is 23.0 Å². The molecule has 28 heavy (non-hydrogen) atoms. The molecule has 2 rings (SSSR count). The van der Waals surface area contributed by atoms with E-state index in [1.807, 2.05) is 31.2 Å². The first-order valence-corrected chi connectivity index (χ1v) is 8.80. The van der Waals surface area contributed by atoms with Gasteiger partial charge in [0, 0.05) is 31.3 Å². The summed E-state index contributed by atoms with van der Waals surface area (Å²) in [6, 6.07) is 9.25. The molecule has 0 spiro atoms. The summed E-state index contributed by atoms with van der Waals surface area (Å²) in [5.41, 5.74) is 2.81. The van der Waals surface area contributed by atoms with E-state index in [4.69, 9.17) is 18.9 Å². The van der Waals surface area contributed by atoms with E-state index >= 15 is 0 Å². The van der Waals surface area contributed by atoms with Gasteiger partial charge in [-0.3, -0.25) is 4.79 Å². The van der Waals surface area contributed by atoms with Gasteiger partial charge in [-0.15, -0.1) is 0 Å². The first kappa shape index (κ1) is 21.2. The highest BCUT2D eigenvalue weighted by atomic mass is 16.5. The first-order chi connectivity index (χ1) is 13.4. The zero-order valence-corrected chi connectivity index (χ0v) is 17.2. The molecule has 0 aliphatic carbocycles. The Kier molecular flexibility index (Phi) is 7.32. The highest BCUT2D eigenvalue weighted by molar-refractivity contribution is 5.92. The Morgan fingerprint density at radius 2 is 1.57 bits per heavy atom. The molecule has 6 nitrogen and oxygen atoms in total. The Labute approximate surface area is 166 Å². The fourth-order valence-electron chi connectivity index (χ4n) is 2.77. The zero-order chi connectivity index (χ0) is 20.7. The fourth-order valence-corrected chi connectivity index (χ4v) is 2.77. The van der Waals surface area contributed by atoms with Crippen molar-refractivity contribution in [1.82, 2.24) is 4.90 Å². The van der Waals surface area contributed by atoms with Gasteiger partial charge in [0.2, 0.25) is 5.91 Å². The van der Waals surface area contributed by atoms with Crippen molar-refractivity contribution in [3.05, 3.63) is 53.1 Å². The number of amides is 1. The first-order valence-electron chi connectivity index (χ1n) is 8.80. The third-order valence-electron chi connectivity index (χ3n) is 4.47. The van der Waals surface area contributed by atoms with Crippen LogP contribution in [0.5, 0.6) is 23.0 Å². The standard InChI is InChI=1S/C22H27NO5/c1-15-11-20(27-5)21(28-6)12-17(15)14-23(2)22(24)10-8-16-7-9-18(25-3)13-19(16)26-4/h7-13H,14H2,1-6H3/b10-8+. The van der Waals surface area contributed by atoms with Gasteiger partial charge in [0.25, 0.3) is 0 Å². The maximum atomic E-state index is 12.5. The van der Waals surface area contributed by atoms with Gasteiger partial charge in [-0.25, -0.2) is 0 Å². The van der Waals surface area contributed by atoms with Crippen LogP contribution in [0.3, 0.4) is 0 Å². The van der Waals surface area contributed by atoms with E-state index in [0.29, 0.717) is 29.5 Å². The Morgan fingerprint density at radius 1 is 0.929 bits per heavy atom. The van der Waals surface area contributed by atoms with Crippen LogP contribution in [0.2, 0.25) is 0 Å². The molecule has 0 radical (unpaired) electrons. The molecule has 0 bridgehead atoms. The van der Waals surface area contributed by atoms with Crippen LogP contribution in [0, 0.1) is 6.92 Å². The highest BCUT2D eigenvalue weighted by Gasteiger charge is 2.13. The molecule has 0 aromatic heterocycles. The largest absolute Gasteiger partial charge is 0.497 e. The third kappa shape index (κ3) is 4.97. The lowest BCUT2D eigenvalue weighted by Crippen LogP contribution is -2.24. The van der Waals surface area contributed by atoms with E-state index in [1.165, 1.54) is 6.08 Å². The molecule has 0 saturated heterocycles. The Hall–Kier alpha value is -3.15. The summed E-state index contributed by atoms with van der Waals surface area (Å²) in [4.78, 5) is 14.2. The molecule has 0 heterocycles. The predicted molar refractivity (Wildman–Crippen MR) is 109 cm³/mol. The smallest absolute Gasteiger partial charge is 0.246 e. The van der Waals surface area contributed by atoms with E-state index in [1.54, 1.807) is 52.5 Å². The molecule has 2 aromatic carbocycles. The number of ether oxygens (including phenoxy) is 4. The number of benzene rings is 2. The molecule has 0 N–H and O–H groups in total. The minimum absolute atomic E-state index is 0.118. The Balaban J connectivity index is 2.14. The molecule has 0 aliphatic rings. The Bertz CT molecular complexity index is 860. The molecule has 0 aliphatic heterocycles. The molecule has 0 unspecified atom stereocenters. The number of carbonyl (C=O) groups excluding carboxylic acids is 1. The van der Waals surface area contributed by atoms with Gasteiger partial charge in [-0.05, 0) is 48.4 Å². The van der Waals surface area contributed by atoms with Crippen molar-refractivity contribution in [1.29, 1.82) is 0 Å². The van der Waals surface area contributed by atoms with E-state index < -0.39 is 0 Å². The average Bonchev–Trinajstić information content (AvgIpc) is 2.72. The predicted octanol–water partition coefficient (Wildman–Crippen LogP) is 3.70. The van der Waals surface area contributed by atoms with E-state index in [2.05, 4.69) is 0 Å². The SMILES string of the molecule is COc1ccc(/C=C/C(=O)N(C)Cc2cc(OC)c(OC)cc2C)c(OC)c1. The van der Waals surface area contributed by atoms with Crippen LogP contribution in [-0.2, 0) is 11.3 Å². The number of hydrogen-bond donors (Lipinski definition) is 0. The Morgan fingerprint density at radius 3 is 2.18 bits per heavy atom. The third-order valence-corrected chi connectivity index (χ3v) is 4.47. The molecular weight excluding hydrogens is 358 g/mol. The number of nitrogens with zero attached hydrogens (tertiary/aromatic N) is 1. The molecular formula is C22H27NO5. The van der Waals surface area contributed by atoms with Gasteiger partial charge >= 0.3 is 0 Å². The van der Waals surface area contributed by atoms with Crippen molar-refractivity contribution in [3.63, 3.8) is 0 Å². The second-order valence-corrected chi connectivity index (χ2v) is 6.27. The second kappa shape index (κ2) is 9.69. The topological polar surface area (TPSA) is 57.2 Å². The van der Waals surface area contributed by atoms with Crippen LogP contribution in [0.15, 0.2) is 36.4 Å². The number of hydrogen-bond acceptors (Lipinski definition) is 5. The van der Waals surface area contributed by atoms with Crippen LogP contribution in [-0.4, -0.2) is 46.3 Å². The van der Waals surface area contributed by atoms with Crippen LogP contribution in [0.4, 0.5) is 0 Å². The van der Waals surface area contributed by atoms with Crippen LogP contribution in [0.25, 0.3) is 6.08 Å². The van der Waals surface area contributed by atoms with Crippen LogP contribution < -0.4 is 18.9 Å². The van der Waals surface area contributed by atoms with Crippen molar-refractivity contribution in [2.24, 2.45) is 0 Å². The zero-order valence-electron chi connectivity index (χ0n) is 17.2. The monoisotopic (exact) mass is 385 g/mol. The van der Waals surface area contributed by atoms with Gasteiger partial charge in [-0.1, -0.05) is 0 Å². The summed E-state index contributed by atoms with van der Waals surface area (Å²) in [5, 5.41) is 0. The quantitative estimate of drug-likeness (QED) is 0.649. The maximum Gasteiger partial charge on any atom is 0.246 e. The van der Waals surface area contributed by atoms with Crippen LogP contribution >= 0.6 is 0 Å². The fraction of sp³-hybridized carbons (Fsp3) is 0.318. The van der Waals surface area contributed by atoms with Crippen molar-refractivity contribution >= 4 is 12.0 Å². The number of carbonyl (C=O) groups is 1. The van der Waals surface area contributed by atoms with Gasteiger partial charge in [0.05, 0.1) is 28.4 Å². The van der Waals surface area contributed by atoms with E-state index in [9.17, 15) is 4.79 Å². The van der Waals surface area contributed by atoms with Gasteiger partial charge in [-0.2, -0.15) is 0 Å². The molecule has 0 atom stereocenters. The molecule has 0 saturated carbocycles. The lowest BCUT2D eigenvalue weighted by atomic mass is 10.1. The van der Waals surface area contributed by atoms with Crippen molar-refractivity contribution in [2.75, 3.05) is 35.5 Å². The summed E-state index contributed by atoms with van der Waals surface area (Å²) in [6.07, 6.45) is 3.26. The summed E-state index contributed by atoms with van der Waals surface area (Å²) in [7, 11) is 8.13. The maximum absolute atomic E-state index is 12.5. The minimum Gasteiger partial charge on any atom is -0.497 e. The van der Waals surface area contributed by atoms with Crippen molar-refractivity contribution in [2.45, 2.75) is 13.5 Å². The van der Waals surface area contributed by atoms with Crippen LogP contribution in [0.1, 0.15) is 16.7 Å². The average molecular weight is 385 g/mol. The second-order valence-electron chi connectivity index (χ2n) is 6.27. The van der Waals surface area contributed by atoms with Gasteiger partial charge < -0.3 is 23.8 Å². The minimum atomic E-state index is -0.118. The van der Waals surface area contributed by atoms with Gasteiger partial charge in [0.15, 0.2) is 11.5 Å². The van der Waals surface area contributed by atoms with E-state index in [-0.39, 0.29) is 5.91 Å². The normalized spacial score (nSPS) is 10.6. The summed E-state index contributed by atoms with van der Waals surface area (Å²) in [6.45, 7) is 2.43. The highest BCUT2D eigenvalue weighted by Crippen LogP contribution is 2.31. The molecule has 1 amide bonds. The van der Waals surface area contributed by atoms with Gasteiger partial charge in [0.1, 0.15) is 11.5 Å². The molecule has 2 aromatic rings. The number of rotatable bonds is 8.